The summed E-state index contributed by atoms with van der Waals surface area (Å²) in [5, 5.41) is 3.14. The molecule has 0 saturated carbocycles. The second kappa shape index (κ2) is 7.08. The van der Waals surface area contributed by atoms with Crippen molar-refractivity contribution in [1.82, 2.24) is 9.97 Å². The highest BCUT2D eigenvalue weighted by atomic mass is 16.1. The SMILES string of the molecule is O=C(Nc1ccc2c(c1)Cc1ccccc1-2)C1CCCN(c2cnccn2)C1. The lowest BCUT2D eigenvalue weighted by atomic mass is 9.97. The minimum Gasteiger partial charge on any atom is -0.355 e. The number of carbonyl (C=O) groups excluding carboxylic acids is 1. The lowest BCUT2D eigenvalue weighted by molar-refractivity contribution is -0.120. The summed E-state index contributed by atoms with van der Waals surface area (Å²) in [7, 11) is 0. The molecule has 2 aromatic carbocycles. The molecule has 1 saturated heterocycles. The van der Waals surface area contributed by atoms with Crippen molar-refractivity contribution in [2.75, 3.05) is 23.3 Å². The summed E-state index contributed by atoms with van der Waals surface area (Å²) in [4.78, 5) is 23.6. The molecule has 140 valence electrons. The number of hydrogen-bond acceptors (Lipinski definition) is 4. The lowest BCUT2D eigenvalue weighted by Crippen LogP contribution is -2.41. The van der Waals surface area contributed by atoms with Crippen LogP contribution < -0.4 is 10.2 Å². The van der Waals surface area contributed by atoms with Gasteiger partial charge in [-0.05, 0) is 53.6 Å². The molecule has 0 radical (unpaired) electrons. The van der Waals surface area contributed by atoms with Gasteiger partial charge in [0.15, 0.2) is 0 Å². The van der Waals surface area contributed by atoms with Gasteiger partial charge in [-0.25, -0.2) is 4.98 Å². The van der Waals surface area contributed by atoms with Gasteiger partial charge in [0.05, 0.1) is 12.1 Å². The Bertz CT molecular complexity index is 1020. The molecule has 5 rings (SSSR count). The van der Waals surface area contributed by atoms with Crippen molar-refractivity contribution in [3.8, 4) is 11.1 Å². The second-order valence-corrected chi connectivity index (χ2v) is 7.54. The molecule has 1 aliphatic heterocycles. The first-order valence-electron chi connectivity index (χ1n) is 9.81. The first kappa shape index (κ1) is 16.9. The van der Waals surface area contributed by atoms with Crippen LogP contribution in [-0.2, 0) is 11.2 Å². The maximum absolute atomic E-state index is 12.9. The number of nitrogens with zero attached hydrogens (tertiary/aromatic N) is 3. The van der Waals surface area contributed by atoms with Gasteiger partial charge in [-0.3, -0.25) is 9.78 Å². The topological polar surface area (TPSA) is 58.1 Å². The Morgan fingerprint density at radius 1 is 1.07 bits per heavy atom. The minimum absolute atomic E-state index is 0.0405. The Balaban J connectivity index is 1.29. The van der Waals surface area contributed by atoms with Gasteiger partial charge in [0.1, 0.15) is 5.82 Å². The van der Waals surface area contributed by atoms with Gasteiger partial charge in [0.2, 0.25) is 5.91 Å². The highest BCUT2D eigenvalue weighted by molar-refractivity contribution is 5.94. The summed E-state index contributed by atoms with van der Waals surface area (Å²) in [6.45, 7) is 1.60. The van der Waals surface area contributed by atoms with Gasteiger partial charge in [-0.1, -0.05) is 30.3 Å². The number of carbonyl (C=O) groups is 1. The van der Waals surface area contributed by atoms with Crippen molar-refractivity contribution in [2.24, 2.45) is 5.92 Å². The van der Waals surface area contributed by atoms with Gasteiger partial charge < -0.3 is 10.2 Å². The average Bonchev–Trinajstić information content (AvgIpc) is 3.12. The summed E-state index contributed by atoms with van der Waals surface area (Å²) < 4.78 is 0. The smallest absolute Gasteiger partial charge is 0.229 e. The number of hydrogen-bond donors (Lipinski definition) is 1. The van der Waals surface area contributed by atoms with Crippen molar-refractivity contribution >= 4 is 17.4 Å². The van der Waals surface area contributed by atoms with Crippen LogP contribution in [0.1, 0.15) is 24.0 Å². The third-order valence-electron chi connectivity index (χ3n) is 5.73. The summed E-state index contributed by atoms with van der Waals surface area (Å²) >= 11 is 0. The first-order valence-corrected chi connectivity index (χ1v) is 9.81. The van der Waals surface area contributed by atoms with E-state index in [0.717, 1.165) is 37.3 Å². The molecule has 0 bridgehead atoms. The van der Waals surface area contributed by atoms with E-state index in [4.69, 9.17) is 0 Å². The van der Waals surface area contributed by atoms with Gasteiger partial charge in [-0.2, -0.15) is 0 Å². The third-order valence-corrected chi connectivity index (χ3v) is 5.73. The zero-order valence-corrected chi connectivity index (χ0v) is 15.6. The van der Waals surface area contributed by atoms with Gasteiger partial charge >= 0.3 is 0 Å². The van der Waals surface area contributed by atoms with E-state index in [0.29, 0.717) is 6.54 Å². The fraction of sp³-hybridized carbons (Fsp3) is 0.261. The summed E-state index contributed by atoms with van der Waals surface area (Å²) in [6, 6.07) is 14.8. The van der Waals surface area contributed by atoms with Crippen LogP contribution >= 0.6 is 0 Å². The molecule has 1 aliphatic carbocycles. The molecule has 2 aliphatic rings. The number of amides is 1. The quantitative estimate of drug-likeness (QED) is 0.594. The van der Waals surface area contributed by atoms with Crippen molar-refractivity contribution < 1.29 is 4.79 Å². The van der Waals surface area contributed by atoms with E-state index in [1.165, 1.54) is 22.3 Å². The number of benzene rings is 2. The summed E-state index contributed by atoms with van der Waals surface area (Å²) in [6.07, 6.45) is 7.94. The van der Waals surface area contributed by atoms with Crippen LogP contribution in [0.3, 0.4) is 0 Å². The molecule has 5 nitrogen and oxygen atoms in total. The normalized spacial score (nSPS) is 17.7. The number of piperidine rings is 1. The van der Waals surface area contributed by atoms with Crippen molar-refractivity contribution in [3.63, 3.8) is 0 Å². The van der Waals surface area contributed by atoms with Crippen molar-refractivity contribution in [3.05, 3.63) is 72.2 Å². The Morgan fingerprint density at radius 2 is 1.96 bits per heavy atom. The van der Waals surface area contributed by atoms with E-state index in [-0.39, 0.29) is 11.8 Å². The summed E-state index contributed by atoms with van der Waals surface area (Å²) in [5.41, 5.74) is 6.10. The predicted octanol–water partition coefficient (Wildman–Crippen LogP) is 3.90. The molecule has 1 amide bonds. The van der Waals surface area contributed by atoms with E-state index < -0.39 is 0 Å². The maximum Gasteiger partial charge on any atom is 0.229 e. The molecule has 1 fully saturated rings. The first-order chi connectivity index (χ1) is 13.8. The highest BCUT2D eigenvalue weighted by Crippen LogP contribution is 2.37. The Morgan fingerprint density at radius 3 is 2.86 bits per heavy atom. The molecule has 5 heteroatoms. The van der Waals surface area contributed by atoms with E-state index in [1.807, 2.05) is 6.07 Å². The molecule has 1 unspecified atom stereocenters. The number of aromatic nitrogens is 2. The fourth-order valence-electron chi connectivity index (χ4n) is 4.32. The Kier molecular flexibility index (Phi) is 4.28. The third kappa shape index (κ3) is 3.13. The number of fused-ring (bicyclic) bond motifs is 3. The lowest BCUT2D eigenvalue weighted by Gasteiger charge is -2.32. The van der Waals surface area contributed by atoms with E-state index in [9.17, 15) is 4.79 Å². The van der Waals surface area contributed by atoms with Crippen LogP contribution in [0.25, 0.3) is 11.1 Å². The predicted molar refractivity (Wildman–Crippen MR) is 110 cm³/mol. The molecular weight excluding hydrogens is 348 g/mol. The molecule has 1 aromatic heterocycles. The van der Waals surface area contributed by atoms with Gasteiger partial charge in [0, 0.05) is 31.2 Å². The summed E-state index contributed by atoms with van der Waals surface area (Å²) in [5.74, 6) is 0.889. The standard InChI is InChI=1S/C23H22N4O/c28-23(17-5-3-11-27(15-17)22-14-24-9-10-25-22)26-19-7-8-21-18(13-19)12-16-4-1-2-6-20(16)21/h1-2,4,6-10,13-14,17H,3,5,11-12,15H2,(H,26,28). The van der Waals surface area contributed by atoms with E-state index >= 15 is 0 Å². The monoisotopic (exact) mass is 370 g/mol. The molecule has 3 aromatic rings. The highest BCUT2D eigenvalue weighted by Gasteiger charge is 2.27. The average molecular weight is 370 g/mol. The van der Waals surface area contributed by atoms with Crippen molar-refractivity contribution in [1.29, 1.82) is 0 Å². The molecule has 1 N–H and O–H groups in total. The molecule has 2 heterocycles. The maximum atomic E-state index is 12.9. The van der Waals surface area contributed by atoms with Gasteiger partial charge in [-0.15, -0.1) is 0 Å². The molecule has 28 heavy (non-hydrogen) atoms. The van der Waals surface area contributed by atoms with Crippen LogP contribution in [-0.4, -0.2) is 29.0 Å². The number of nitrogens with one attached hydrogen (secondary N) is 1. The molecule has 1 atom stereocenters. The minimum atomic E-state index is -0.0405. The van der Waals surface area contributed by atoms with Crippen LogP contribution in [0.5, 0.6) is 0 Å². The Hall–Kier alpha value is -3.21. The van der Waals surface area contributed by atoms with Crippen LogP contribution in [0.2, 0.25) is 0 Å². The van der Waals surface area contributed by atoms with Gasteiger partial charge in [0.25, 0.3) is 0 Å². The number of anilines is 2. The second-order valence-electron chi connectivity index (χ2n) is 7.54. The van der Waals surface area contributed by atoms with E-state index in [2.05, 4.69) is 56.6 Å². The Labute approximate surface area is 164 Å². The van der Waals surface area contributed by atoms with Crippen LogP contribution in [0.15, 0.2) is 61.1 Å². The van der Waals surface area contributed by atoms with E-state index in [1.54, 1.807) is 18.6 Å². The van der Waals surface area contributed by atoms with Crippen molar-refractivity contribution in [2.45, 2.75) is 19.3 Å². The molecular formula is C23H22N4O. The largest absolute Gasteiger partial charge is 0.355 e. The van der Waals surface area contributed by atoms with Crippen LogP contribution in [0.4, 0.5) is 11.5 Å². The van der Waals surface area contributed by atoms with Crippen LogP contribution in [0, 0.1) is 5.92 Å². The fourth-order valence-corrected chi connectivity index (χ4v) is 4.32. The zero-order chi connectivity index (χ0) is 18.9. The molecule has 0 spiro atoms. The zero-order valence-electron chi connectivity index (χ0n) is 15.6. The number of rotatable bonds is 3.